The molecule has 0 heterocycles. The van der Waals surface area contributed by atoms with Gasteiger partial charge in [0.05, 0.1) is 0 Å². The molecule has 0 aliphatic heterocycles. The van der Waals surface area contributed by atoms with E-state index >= 15 is 0 Å². The highest BCUT2D eigenvalue weighted by molar-refractivity contribution is 8.26. The Hall–Kier alpha value is 2.10. The average molecular weight is 321 g/mol. The Morgan fingerprint density at radius 2 is 0.933 bits per heavy atom. The summed E-state index contributed by atoms with van der Waals surface area (Å²) >= 11 is 12.1. The van der Waals surface area contributed by atoms with E-state index < -0.39 is 0 Å². The van der Waals surface area contributed by atoms with Crippen molar-refractivity contribution in [2.45, 2.75) is 0 Å². The van der Waals surface area contributed by atoms with E-state index in [9.17, 15) is 0 Å². The van der Waals surface area contributed by atoms with Gasteiger partial charge in [0.2, 0.25) is 0 Å². The minimum atomic E-state index is 1.26. The van der Waals surface area contributed by atoms with E-state index in [0.717, 1.165) is 0 Å². The van der Waals surface area contributed by atoms with Crippen molar-refractivity contribution in [2.75, 3.05) is 50.8 Å². The standard InChI is InChI=1S/C9H20S6/c1-10-3-5-12-7-14-9-15-8-13-6-4-11-2/h3-9H2,1-2H3. The summed E-state index contributed by atoms with van der Waals surface area (Å²) in [6.07, 6.45) is 4.35. The van der Waals surface area contributed by atoms with Gasteiger partial charge in [-0.1, -0.05) is 0 Å². The summed E-state index contributed by atoms with van der Waals surface area (Å²) in [5.74, 6) is 5.20. The van der Waals surface area contributed by atoms with Gasteiger partial charge in [0.25, 0.3) is 0 Å². The van der Waals surface area contributed by atoms with Crippen molar-refractivity contribution < 1.29 is 0 Å². The van der Waals surface area contributed by atoms with Crippen LogP contribution in [-0.4, -0.2) is 50.8 Å². The van der Waals surface area contributed by atoms with Crippen LogP contribution in [0.5, 0.6) is 0 Å². The van der Waals surface area contributed by atoms with Gasteiger partial charge in [-0.05, 0) is 12.5 Å². The molecule has 0 spiro atoms. The molecule has 0 radical (unpaired) electrons. The second kappa shape index (κ2) is 16.1. The zero-order valence-corrected chi connectivity index (χ0v) is 14.3. The molecule has 0 N–H and O–H groups in total. The zero-order chi connectivity index (χ0) is 11.2. The number of hydrogen-bond acceptors (Lipinski definition) is 6. The molecule has 0 aliphatic rings. The SMILES string of the molecule is CSCCSCSCSCSCCSC. The number of rotatable bonds is 12. The summed E-state index contributed by atoms with van der Waals surface area (Å²) in [5, 5.41) is 3.80. The molecule has 0 atom stereocenters. The Bertz CT molecular complexity index is 98.8. The highest BCUT2D eigenvalue weighted by atomic mass is 32.2. The van der Waals surface area contributed by atoms with Gasteiger partial charge in [0.1, 0.15) is 0 Å². The fourth-order valence-corrected chi connectivity index (χ4v) is 7.05. The minimum absolute atomic E-state index is 1.26. The first-order valence-corrected chi connectivity index (χ1v) is 12.1. The first-order valence-electron chi connectivity index (χ1n) is 4.70. The Morgan fingerprint density at radius 1 is 0.533 bits per heavy atom. The predicted molar refractivity (Wildman–Crippen MR) is 91.5 cm³/mol. The second-order valence-electron chi connectivity index (χ2n) is 2.56. The monoisotopic (exact) mass is 320 g/mol. The molecule has 0 aromatic carbocycles. The van der Waals surface area contributed by atoms with Gasteiger partial charge in [0.15, 0.2) is 0 Å². The molecule has 0 saturated carbocycles. The normalized spacial score (nSPS) is 10.8. The molecular formula is C9H20S6. The van der Waals surface area contributed by atoms with Crippen molar-refractivity contribution in [2.24, 2.45) is 0 Å². The highest BCUT2D eigenvalue weighted by Gasteiger charge is 1.92. The van der Waals surface area contributed by atoms with E-state index in [1.54, 1.807) is 0 Å². The van der Waals surface area contributed by atoms with Crippen LogP contribution in [0.3, 0.4) is 0 Å². The molecule has 0 bridgehead atoms. The van der Waals surface area contributed by atoms with Gasteiger partial charge in [-0.15, -0.1) is 23.5 Å². The van der Waals surface area contributed by atoms with Crippen molar-refractivity contribution >= 4 is 70.6 Å². The third-order valence-electron chi connectivity index (χ3n) is 1.36. The molecule has 0 unspecified atom stereocenters. The third-order valence-corrected chi connectivity index (χ3v) is 8.09. The summed E-state index contributed by atoms with van der Waals surface area (Å²) < 4.78 is 0. The first-order chi connectivity index (χ1) is 7.41. The quantitative estimate of drug-likeness (QED) is 0.380. The van der Waals surface area contributed by atoms with E-state index in [1.807, 2.05) is 23.5 Å². The van der Waals surface area contributed by atoms with Crippen LogP contribution < -0.4 is 0 Å². The van der Waals surface area contributed by atoms with Gasteiger partial charge in [-0.3, -0.25) is 0 Å². The fourth-order valence-electron chi connectivity index (χ4n) is 0.647. The zero-order valence-electron chi connectivity index (χ0n) is 9.40. The molecule has 0 fully saturated rings. The predicted octanol–water partition coefficient (Wildman–Crippen LogP) is 4.52. The molecule has 92 valence electrons. The molecule has 0 aromatic heterocycles. The van der Waals surface area contributed by atoms with E-state index in [4.69, 9.17) is 0 Å². The Morgan fingerprint density at radius 3 is 1.33 bits per heavy atom. The molecule has 0 saturated heterocycles. The number of thioether (sulfide) groups is 6. The van der Waals surface area contributed by atoms with Crippen LogP contribution in [-0.2, 0) is 0 Å². The summed E-state index contributed by atoms with van der Waals surface area (Å²) in [6.45, 7) is 0. The lowest BCUT2D eigenvalue weighted by atomic mass is 11.0. The van der Waals surface area contributed by atoms with Crippen molar-refractivity contribution in [1.82, 2.24) is 0 Å². The van der Waals surface area contributed by atoms with Crippen molar-refractivity contribution in [3.8, 4) is 0 Å². The van der Waals surface area contributed by atoms with Gasteiger partial charge in [-0.25, -0.2) is 0 Å². The smallest absolute Gasteiger partial charge is 0.0408 e. The molecule has 15 heavy (non-hydrogen) atoms. The third kappa shape index (κ3) is 16.1. The number of hydrogen-bond donors (Lipinski definition) is 0. The van der Waals surface area contributed by atoms with Crippen LogP contribution >= 0.6 is 70.6 Å². The van der Waals surface area contributed by atoms with Gasteiger partial charge in [-0.2, -0.15) is 47.0 Å². The maximum atomic E-state index is 2.18. The topological polar surface area (TPSA) is 0 Å². The molecule has 0 amide bonds. The van der Waals surface area contributed by atoms with Crippen molar-refractivity contribution in [1.29, 1.82) is 0 Å². The highest BCUT2D eigenvalue weighted by Crippen LogP contribution is 2.21. The molecular weight excluding hydrogens is 301 g/mol. The molecule has 0 nitrogen and oxygen atoms in total. The summed E-state index contributed by atoms with van der Waals surface area (Å²) in [7, 11) is 0. The van der Waals surface area contributed by atoms with E-state index in [1.165, 1.54) is 38.3 Å². The fraction of sp³-hybridized carbons (Fsp3) is 1.00. The molecule has 0 rings (SSSR count). The maximum Gasteiger partial charge on any atom is 0.0408 e. The summed E-state index contributed by atoms with van der Waals surface area (Å²) in [4.78, 5) is 0. The largest absolute Gasteiger partial charge is 0.165 e. The van der Waals surface area contributed by atoms with Gasteiger partial charge in [0, 0.05) is 38.3 Å². The van der Waals surface area contributed by atoms with Crippen LogP contribution in [0.25, 0.3) is 0 Å². The lowest BCUT2D eigenvalue weighted by Gasteiger charge is -2.01. The van der Waals surface area contributed by atoms with E-state index in [-0.39, 0.29) is 0 Å². The average Bonchev–Trinajstić information content (AvgIpc) is 2.26. The van der Waals surface area contributed by atoms with Crippen LogP contribution in [0.4, 0.5) is 0 Å². The van der Waals surface area contributed by atoms with Crippen LogP contribution in [0.2, 0.25) is 0 Å². The van der Waals surface area contributed by atoms with Crippen LogP contribution in [0, 0.1) is 0 Å². The Kier molecular flexibility index (Phi) is 18.4. The lowest BCUT2D eigenvalue weighted by Crippen LogP contribution is -1.85. The maximum absolute atomic E-state index is 2.18. The van der Waals surface area contributed by atoms with Gasteiger partial charge < -0.3 is 0 Å². The Balaban J connectivity index is 2.81. The van der Waals surface area contributed by atoms with Crippen LogP contribution in [0.15, 0.2) is 0 Å². The summed E-state index contributed by atoms with van der Waals surface area (Å²) in [6, 6.07) is 0. The molecule has 6 heteroatoms. The van der Waals surface area contributed by atoms with Crippen molar-refractivity contribution in [3.05, 3.63) is 0 Å². The molecule has 0 aromatic rings. The molecule has 0 aliphatic carbocycles. The first kappa shape index (κ1) is 17.1. The van der Waals surface area contributed by atoms with Gasteiger partial charge >= 0.3 is 0 Å². The van der Waals surface area contributed by atoms with Crippen LogP contribution in [0.1, 0.15) is 0 Å². The minimum Gasteiger partial charge on any atom is -0.165 e. The lowest BCUT2D eigenvalue weighted by molar-refractivity contribution is 1.56. The second-order valence-corrected chi connectivity index (χ2v) is 9.81. The van der Waals surface area contributed by atoms with E-state index in [0.29, 0.717) is 0 Å². The van der Waals surface area contributed by atoms with E-state index in [2.05, 4.69) is 59.6 Å². The Labute approximate surface area is 120 Å². The van der Waals surface area contributed by atoms with Crippen molar-refractivity contribution in [3.63, 3.8) is 0 Å². The summed E-state index contributed by atoms with van der Waals surface area (Å²) in [5.41, 5.74) is 0.